The summed E-state index contributed by atoms with van der Waals surface area (Å²) in [7, 11) is 0. The maximum atomic E-state index is 12.1. The smallest absolute Gasteiger partial charge is 0.251 e. The molecule has 0 saturated heterocycles. The van der Waals surface area contributed by atoms with E-state index in [2.05, 4.69) is 10.6 Å². The molecule has 0 saturated carbocycles. The number of amides is 2. The maximum Gasteiger partial charge on any atom is 0.251 e. The second-order valence-corrected chi connectivity index (χ2v) is 6.08. The summed E-state index contributed by atoms with van der Waals surface area (Å²) in [5, 5.41) is 5.62. The highest BCUT2D eigenvalue weighted by molar-refractivity contribution is 5.95. The Labute approximate surface area is 152 Å². The highest BCUT2D eigenvalue weighted by Crippen LogP contribution is 2.30. The Balaban J connectivity index is 1.42. The van der Waals surface area contributed by atoms with Crippen LogP contribution in [0.4, 0.5) is 0 Å². The monoisotopic (exact) mass is 354 g/mol. The van der Waals surface area contributed by atoms with Gasteiger partial charge in [0.1, 0.15) is 13.2 Å². The van der Waals surface area contributed by atoms with Crippen molar-refractivity contribution in [2.75, 3.05) is 19.8 Å². The van der Waals surface area contributed by atoms with Gasteiger partial charge in [0.2, 0.25) is 5.91 Å². The van der Waals surface area contributed by atoms with Crippen LogP contribution in [0.25, 0.3) is 0 Å². The normalized spacial score (nSPS) is 12.3. The van der Waals surface area contributed by atoms with Crippen molar-refractivity contribution in [3.8, 4) is 11.5 Å². The van der Waals surface area contributed by atoms with Crippen molar-refractivity contribution in [1.29, 1.82) is 0 Å². The zero-order chi connectivity index (χ0) is 18.4. The molecular formula is C20H22N2O4. The molecule has 6 heteroatoms. The van der Waals surface area contributed by atoms with E-state index in [1.54, 1.807) is 6.07 Å². The van der Waals surface area contributed by atoms with Gasteiger partial charge >= 0.3 is 0 Å². The summed E-state index contributed by atoms with van der Waals surface area (Å²) in [5.74, 6) is 1.14. The van der Waals surface area contributed by atoms with E-state index in [4.69, 9.17) is 9.47 Å². The van der Waals surface area contributed by atoms with E-state index in [1.165, 1.54) is 0 Å². The predicted molar refractivity (Wildman–Crippen MR) is 97.4 cm³/mol. The first-order valence-corrected chi connectivity index (χ1v) is 8.62. The van der Waals surface area contributed by atoms with Gasteiger partial charge < -0.3 is 20.1 Å². The van der Waals surface area contributed by atoms with Crippen molar-refractivity contribution in [1.82, 2.24) is 10.6 Å². The second kappa shape index (κ2) is 8.38. The van der Waals surface area contributed by atoms with Crippen LogP contribution in [0.15, 0.2) is 42.5 Å². The van der Waals surface area contributed by atoms with Crippen LogP contribution in [0.3, 0.4) is 0 Å². The summed E-state index contributed by atoms with van der Waals surface area (Å²) >= 11 is 0. The fourth-order valence-electron chi connectivity index (χ4n) is 2.70. The third-order valence-corrected chi connectivity index (χ3v) is 4.12. The Morgan fingerprint density at radius 2 is 1.77 bits per heavy atom. The minimum atomic E-state index is -0.164. The molecule has 2 amide bonds. The van der Waals surface area contributed by atoms with Gasteiger partial charge in [0.15, 0.2) is 11.5 Å². The van der Waals surface area contributed by atoms with Gasteiger partial charge in [-0.1, -0.05) is 24.3 Å². The second-order valence-electron chi connectivity index (χ2n) is 6.08. The number of benzene rings is 2. The van der Waals surface area contributed by atoms with Crippen LogP contribution >= 0.6 is 0 Å². The molecule has 0 unspecified atom stereocenters. The number of hydrogen-bond acceptors (Lipinski definition) is 4. The van der Waals surface area contributed by atoms with Crippen LogP contribution in [0, 0.1) is 6.92 Å². The summed E-state index contributed by atoms with van der Waals surface area (Å²) in [6, 6.07) is 13.0. The third-order valence-electron chi connectivity index (χ3n) is 4.12. The number of nitrogens with one attached hydrogen (secondary N) is 2. The number of ether oxygens (including phenoxy) is 2. The van der Waals surface area contributed by atoms with Crippen LogP contribution in [0.2, 0.25) is 0 Å². The van der Waals surface area contributed by atoms with Gasteiger partial charge in [-0.25, -0.2) is 0 Å². The molecule has 0 fully saturated rings. The fraction of sp³-hybridized carbons (Fsp3) is 0.300. The Morgan fingerprint density at radius 3 is 2.58 bits per heavy atom. The van der Waals surface area contributed by atoms with Crippen LogP contribution in [0.5, 0.6) is 11.5 Å². The molecule has 6 nitrogen and oxygen atoms in total. The summed E-state index contributed by atoms with van der Waals surface area (Å²) in [6.45, 7) is 3.66. The molecule has 0 spiro atoms. The van der Waals surface area contributed by atoms with E-state index in [1.807, 2.05) is 43.3 Å². The number of hydrogen-bond donors (Lipinski definition) is 2. The predicted octanol–water partition coefficient (Wildman–Crippen LogP) is 2.20. The lowest BCUT2D eigenvalue weighted by atomic mass is 10.1. The summed E-state index contributed by atoms with van der Waals surface area (Å²) in [4.78, 5) is 24.1. The Hall–Kier alpha value is -3.02. The van der Waals surface area contributed by atoms with E-state index in [0.29, 0.717) is 37.6 Å². The first-order valence-electron chi connectivity index (χ1n) is 8.62. The van der Waals surface area contributed by atoms with Gasteiger partial charge in [-0.2, -0.15) is 0 Å². The summed E-state index contributed by atoms with van der Waals surface area (Å²) in [6.07, 6.45) is 0.224. The highest BCUT2D eigenvalue weighted by atomic mass is 16.6. The van der Waals surface area contributed by atoms with Crippen LogP contribution in [-0.4, -0.2) is 31.6 Å². The average Bonchev–Trinajstić information content (AvgIpc) is 2.66. The minimum absolute atomic E-state index is 0.120. The van der Waals surface area contributed by atoms with E-state index >= 15 is 0 Å². The molecule has 1 heterocycles. The van der Waals surface area contributed by atoms with Gasteiger partial charge in [0.05, 0.1) is 0 Å². The fourth-order valence-corrected chi connectivity index (χ4v) is 2.70. The van der Waals surface area contributed by atoms with E-state index < -0.39 is 0 Å². The van der Waals surface area contributed by atoms with Crippen molar-refractivity contribution < 1.29 is 19.1 Å². The summed E-state index contributed by atoms with van der Waals surface area (Å²) < 4.78 is 11.0. The van der Waals surface area contributed by atoms with Gasteiger partial charge in [-0.05, 0) is 36.2 Å². The molecule has 2 aromatic rings. The summed E-state index contributed by atoms with van der Waals surface area (Å²) in [5.41, 5.74) is 2.48. The van der Waals surface area contributed by atoms with Crippen molar-refractivity contribution in [3.05, 3.63) is 59.2 Å². The zero-order valence-corrected chi connectivity index (χ0v) is 14.7. The van der Waals surface area contributed by atoms with Crippen molar-refractivity contribution >= 4 is 11.8 Å². The Morgan fingerprint density at radius 1 is 1.00 bits per heavy atom. The number of carbonyl (C=O) groups excluding carboxylic acids is 2. The number of fused-ring (bicyclic) bond motifs is 1. The molecule has 0 atom stereocenters. The molecule has 2 N–H and O–H groups in total. The lowest BCUT2D eigenvalue weighted by Gasteiger charge is -2.19. The first-order chi connectivity index (χ1) is 12.6. The van der Waals surface area contributed by atoms with E-state index in [0.717, 1.165) is 16.9 Å². The Kier molecular flexibility index (Phi) is 5.73. The SMILES string of the molecule is Cc1ccccc1C(=O)NCCC(=O)NCc1ccc2c(c1)OCCO2. The highest BCUT2D eigenvalue weighted by Gasteiger charge is 2.12. The zero-order valence-electron chi connectivity index (χ0n) is 14.7. The van der Waals surface area contributed by atoms with Gasteiger partial charge in [0, 0.05) is 25.1 Å². The van der Waals surface area contributed by atoms with Crippen molar-refractivity contribution in [2.45, 2.75) is 19.9 Å². The molecule has 2 aromatic carbocycles. The largest absolute Gasteiger partial charge is 0.486 e. The molecule has 3 rings (SSSR count). The van der Waals surface area contributed by atoms with Crippen molar-refractivity contribution in [2.24, 2.45) is 0 Å². The van der Waals surface area contributed by atoms with E-state index in [-0.39, 0.29) is 18.2 Å². The van der Waals surface area contributed by atoms with Crippen molar-refractivity contribution in [3.63, 3.8) is 0 Å². The topological polar surface area (TPSA) is 76.7 Å². The molecule has 0 aromatic heterocycles. The van der Waals surface area contributed by atoms with Crippen LogP contribution in [0.1, 0.15) is 27.9 Å². The van der Waals surface area contributed by atoms with Gasteiger partial charge in [-0.15, -0.1) is 0 Å². The maximum absolute atomic E-state index is 12.1. The number of carbonyl (C=O) groups is 2. The van der Waals surface area contributed by atoms with Crippen LogP contribution in [-0.2, 0) is 11.3 Å². The third kappa shape index (κ3) is 4.53. The molecule has 26 heavy (non-hydrogen) atoms. The molecule has 0 bridgehead atoms. The molecule has 1 aliphatic rings. The quantitative estimate of drug-likeness (QED) is 0.834. The first kappa shape index (κ1) is 17.8. The van der Waals surface area contributed by atoms with Gasteiger partial charge in [0.25, 0.3) is 5.91 Å². The standard InChI is InChI=1S/C20H22N2O4/c1-14-4-2-3-5-16(14)20(24)21-9-8-19(23)22-13-15-6-7-17-18(12-15)26-11-10-25-17/h2-7,12H,8-11,13H2,1H3,(H,21,24)(H,22,23). The number of rotatable bonds is 6. The molecule has 1 aliphatic heterocycles. The Bertz CT molecular complexity index is 804. The molecule has 0 radical (unpaired) electrons. The van der Waals surface area contributed by atoms with E-state index in [9.17, 15) is 9.59 Å². The number of aryl methyl sites for hydroxylation is 1. The lowest BCUT2D eigenvalue weighted by molar-refractivity contribution is -0.121. The molecule has 0 aliphatic carbocycles. The average molecular weight is 354 g/mol. The molecular weight excluding hydrogens is 332 g/mol. The lowest BCUT2D eigenvalue weighted by Crippen LogP contribution is -2.30. The minimum Gasteiger partial charge on any atom is -0.486 e. The van der Waals surface area contributed by atoms with Gasteiger partial charge in [-0.3, -0.25) is 9.59 Å². The molecule has 136 valence electrons. The van der Waals surface area contributed by atoms with Crippen LogP contribution < -0.4 is 20.1 Å².